The third-order valence-electron chi connectivity index (χ3n) is 2.93. The van der Waals surface area contributed by atoms with Crippen LogP contribution in [-0.2, 0) is 0 Å². The van der Waals surface area contributed by atoms with E-state index in [9.17, 15) is 14.7 Å². The lowest BCUT2D eigenvalue weighted by atomic mass is 10.1. The highest BCUT2D eigenvalue weighted by atomic mass is 32.2. The van der Waals surface area contributed by atoms with Gasteiger partial charge in [-0.15, -0.1) is 0 Å². The number of anilines is 2. The van der Waals surface area contributed by atoms with Crippen molar-refractivity contribution in [2.75, 3.05) is 16.9 Å². The van der Waals surface area contributed by atoms with Gasteiger partial charge in [0, 0.05) is 18.0 Å². The molecular formula is C16H16N2O4S. The maximum absolute atomic E-state index is 12.0. The van der Waals surface area contributed by atoms with E-state index >= 15 is 0 Å². The van der Waals surface area contributed by atoms with Gasteiger partial charge in [-0.2, -0.15) is 0 Å². The normalized spacial score (nSPS) is 10.0. The first kappa shape index (κ1) is 16.7. The zero-order valence-electron chi connectivity index (χ0n) is 12.6. The van der Waals surface area contributed by atoms with Crippen LogP contribution in [0.3, 0.4) is 0 Å². The largest absolute Gasteiger partial charge is 0.478 e. The summed E-state index contributed by atoms with van der Waals surface area (Å²) in [5.41, 5.74) is 1.62. The molecular weight excluding hydrogens is 316 g/mol. The third-order valence-corrected chi connectivity index (χ3v) is 3.28. The average Bonchev–Trinajstić information content (AvgIpc) is 2.49. The molecule has 0 fully saturated rings. The van der Waals surface area contributed by atoms with Crippen molar-refractivity contribution in [1.82, 2.24) is 0 Å². The van der Waals surface area contributed by atoms with Gasteiger partial charge in [0.25, 0.3) is 0 Å². The molecule has 7 heteroatoms. The van der Waals surface area contributed by atoms with Crippen LogP contribution in [0.25, 0.3) is 0 Å². The second-order valence-corrected chi connectivity index (χ2v) is 5.21. The Balaban J connectivity index is 2.11. The Kier molecular flexibility index (Phi) is 5.48. The minimum Gasteiger partial charge on any atom is -0.478 e. The molecule has 0 bridgehead atoms. The van der Waals surface area contributed by atoms with Gasteiger partial charge in [-0.1, -0.05) is 17.7 Å². The van der Waals surface area contributed by atoms with Crippen LogP contribution in [0.2, 0.25) is 0 Å². The van der Waals surface area contributed by atoms with Crippen molar-refractivity contribution in [3.05, 3.63) is 53.6 Å². The number of benzene rings is 2. The number of aromatic carboxylic acids is 1. The number of carbonyl (C=O) groups is 2. The first-order chi connectivity index (χ1) is 11.0. The highest BCUT2D eigenvalue weighted by Gasteiger charge is 2.13. The highest BCUT2D eigenvalue weighted by molar-refractivity contribution is 7.94. The van der Waals surface area contributed by atoms with Crippen molar-refractivity contribution in [3.63, 3.8) is 0 Å². The summed E-state index contributed by atoms with van der Waals surface area (Å²) in [7, 11) is 0. The molecule has 2 aromatic rings. The minimum absolute atomic E-state index is 0.0413. The molecule has 2 amide bonds. The van der Waals surface area contributed by atoms with Gasteiger partial charge in [0.1, 0.15) is 5.75 Å². The summed E-state index contributed by atoms with van der Waals surface area (Å²) >= 11 is 1.20. The molecule has 0 aromatic heterocycles. The van der Waals surface area contributed by atoms with Crippen LogP contribution in [0.1, 0.15) is 15.9 Å². The molecule has 0 aliphatic heterocycles. The Bertz CT molecular complexity index is 734. The zero-order valence-corrected chi connectivity index (χ0v) is 13.4. The number of hydrogen-bond donors (Lipinski definition) is 3. The Hall–Kier alpha value is -2.67. The van der Waals surface area contributed by atoms with Gasteiger partial charge in [0.15, 0.2) is 0 Å². The number of amides is 2. The van der Waals surface area contributed by atoms with Crippen molar-refractivity contribution >= 4 is 35.4 Å². The van der Waals surface area contributed by atoms with Crippen LogP contribution >= 0.6 is 12.0 Å². The maximum Gasteiger partial charge on any atom is 0.337 e. The van der Waals surface area contributed by atoms with Gasteiger partial charge in [-0.3, -0.25) is 0 Å². The second-order valence-electron chi connectivity index (χ2n) is 4.71. The number of hydrogen-bond acceptors (Lipinski definition) is 4. The van der Waals surface area contributed by atoms with E-state index in [0.29, 0.717) is 11.4 Å². The summed E-state index contributed by atoms with van der Waals surface area (Å²) in [6.07, 6.45) is 1.79. The molecule has 0 saturated carbocycles. The van der Waals surface area contributed by atoms with Crippen LogP contribution in [-0.4, -0.2) is 23.4 Å². The number of nitrogens with one attached hydrogen (secondary N) is 2. The van der Waals surface area contributed by atoms with Crippen LogP contribution in [0.5, 0.6) is 5.75 Å². The fraction of sp³-hybridized carbons (Fsp3) is 0.125. The number of carbonyl (C=O) groups excluding carboxylic acids is 1. The highest BCUT2D eigenvalue weighted by Crippen LogP contribution is 2.21. The van der Waals surface area contributed by atoms with Crippen LogP contribution in [0.15, 0.2) is 42.5 Å². The Labute approximate surface area is 138 Å². The fourth-order valence-electron chi connectivity index (χ4n) is 1.95. The Morgan fingerprint density at radius 1 is 1.13 bits per heavy atom. The lowest BCUT2D eigenvalue weighted by Crippen LogP contribution is -2.21. The van der Waals surface area contributed by atoms with Gasteiger partial charge in [0.2, 0.25) is 0 Å². The molecule has 0 saturated heterocycles. The summed E-state index contributed by atoms with van der Waals surface area (Å²) in [5.74, 6) is -0.490. The molecule has 3 N–H and O–H groups in total. The summed E-state index contributed by atoms with van der Waals surface area (Å²) < 4.78 is 5.28. The van der Waals surface area contributed by atoms with E-state index in [1.54, 1.807) is 49.6 Å². The Morgan fingerprint density at radius 3 is 2.61 bits per heavy atom. The first-order valence-corrected chi connectivity index (χ1v) is 7.87. The van der Waals surface area contributed by atoms with Gasteiger partial charge >= 0.3 is 12.0 Å². The van der Waals surface area contributed by atoms with E-state index in [0.717, 1.165) is 5.56 Å². The SMILES string of the molecule is CSOc1cccc(NC(=O)Nc2ccc(C)cc2C(=O)O)c1. The molecule has 0 aliphatic rings. The number of carboxylic acids is 1. The molecule has 0 heterocycles. The summed E-state index contributed by atoms with van der Waals surface area (Å²) in [5, 5.41) is 14.4. The van der Waals surface area contributed by atoms with Crippen molar-refractivity contribution in [2.45, 2.75) is 6.92 Å². The lowest BCUT2D eigenvalue weighted by molar-refractivity contribution is 0.0698. The average molecular weight is 332 g/mol. The monoisotopic (exact) mass is 332 g/mol. The fourth-order valence-corrected chi connectivity index (χ4v) is 2.25. The molecule has 0 aliphatic carbocycles. The van der Waals surface area contributed by atoms with Crippen LogP contribution < -0.4 is 14.8 Å². The van der Waals surface area contributed by atoms with Crippen molar-refractivity contribution in [1.29, 1.82) is 0 Å². The smallest absolute Gasteiger partial charge is 0.337 e. The predicted octanol–water partition coefficient (Wildman–Crippen LogP) is 3.99. The molecule has 0 spiro atoms. The maximum atomic E-state index is 12.0. The van der Waals surface area contributed by atoms with Gasteiger partial charge in [-0.05, 0) is 31.2 Å². The Morgan fingerprint density at radius 2 is 1.91 bits per heavy atom. The topological polar surface area (TPSA) is 87.7 Å². The van der Waals surface area contributed by atoms with Crippen molar-refractivity contribution < 1.29 is 18.9 Å². The van der Waals surface area contributed by atoms with E-state index in [2.05, 4.69) is 10.6 Å². The molecule has 0 atom stereocenters. The molecule has 120 valence electrons. The second kappa shape index (κ2) is 7.55. The van der Waals surface area contributed by atoms with E-state index in [4.69, 9.17) is 4.18 Å². The predicted molar refractivity (Wildman–Crippen MR) is 91.4 cm³/mol. The summed E-state index contributed by atoms with van der Waals surface area (Å²) in [6.45, 7) is 1.79. The van der Waals surface area contributed by atoms with Crippen LogP contribution in [0, 0.1) is 6.92 Å². The minimum atomic E-state index is -1.10. The molecule has 2 rings (SSSR count). The summed E-state index contributed by atoms with van der Waals surface area (Å²) in [4.78, 5) is 23.3. The molecule has 23 heavy (non-hydrogen) atoms. The standard InChI is InChI=1S/C16H16N2O4S/c1-10-6-7-14(13(8-10)15(19)20)18-16(21)17-11-4-3-5-12(9-11)22-23-2/h3-9H,1-2H3,(H,19,20)(H2,17,18,21). The molecule has 2 aromatic carbocycles. The number of carboxylic acid groups (broad SMARTS) is 1. The quantitative estimate of drug-likeness (QED) is 0.721. The lowest BCUT2D eigenvalue weighted by Gasteiger charge is -2.11. The van der Waals surface area contributed by atoms with E-state index in [1.807, 2.05) is 0 Å². The van der Waals surface area contributed by atoms with E-state index in [-0.39, 0.29) is 11.3 Å². The van der Waals surface area contributed by atoms with Crippen molar-refractivity contribution in [2.24, 2.45) is 0 Å². The van der Waals surface area contributed by atoms with E-state index < -0.39 is 12.0 Å². The molecule has 6 nitrogen and oxygen atoms in total. The van der Waals surface area contributed by atoms with Gasteiger partial charge in [0.05, 0.1) is 23.3 Å². The van der Waals surface area contributed by atoms with Gasteiger partial charge < -0.3 is 19.9 Å². The summed E-state index contributed by atoms with van der Waals surface area (Å²) in [6, 6.07) is 11.2. The number of aryl methyl sites for hydroxylation is 1. The molecule has 0 radical (unpaired) electrons. The zero-order chi connectivity index (χ0) is 16.8. The first-order valence-electron chi connectivity index (χ1n) is 6.72. The molecule has 0 unspecified atom stereocenters. The van der Waals surface area contributed by atoms with Gasteiger partial charge in [-0.25, -0.2) is 9.59 Å². The van der Waals surface area contributed by atoms with Crippen LogP contribution in [0.4, 0.5) is 16.2 Å². The number of rotatable bonds is 5. The third kappa shape index (κ3) is 4.65. The van der Waals surface area contributed by atoms with E-state index in [1.165, 1.54) is 18.1 Å². The number of urea groups is 1. The van der Waals surface area contributed by atoms with Crippen molar-refractivity contribution in [3.8, 4) is 5.75 Å².